The second kappa shape index (κ2) is 6.86. The highest BCUT2D eigenvalue weighted by atomic mass is 16.3. The number of hydrogen-bond donors (Lipinski definition) is 3. The van der Waals surface area contributed by atoms with Crippen molar-refractivity contribution in [1.82, 2.24) is 10.6 Å². The highest BCUT2D eigenvalue weighted by molar-refractivity contribution is 5.82. The van der Waals surface area contributed by atoms with Crippen molar-refractivity contribution in [2.24, 2.45) is 5.92 Å². The maximum Gasteiger partial charge on any atom is 0.237 e. The van der Waals surface area contributed by atoms with E-state index in [1.54, 1.807) is 0 Å². The molecule has 0 aliphatic carbocycles. The van der Waals surface area contributed by atoms with Gasteiger partial charge in [0.25, 0.3) is 0 Å². The number of aliphatic hydroxyl groups excluding tert-OH is 1. The number of carbonyl (C=O) groups excluding carboxylic acids is 1. The van der Waals surface area contributed by atoms with Gasteiger partial charge in [0.1, 0.15) is 0 Å². The Morgan fingerprint density at radius 1 is 1.40 bits per heavy atom. The van der Waals surface area contributed by atoms with E-state index in [2.05, 4.69) is 36.6 Å². The number of nitrogens with one attached hydrogen (secondary N) is 2. The third-order valence-corrected chi connectivity index (χ3v) is 3.65. The van der Waals surface area contributed by atoms with Gasteiger partial charge in [-0.3, -0.25) is 4.79 Å². The summed E-state index contributed by atoms with van der Waals surface area (Å²) in [6.45, 7) is 5.18. The summed E-state index contributed by atoms with van der Waals surface area (Å²) in [5.41, 5.74) is 2.49. The van der Waals surface area contributed by atoms with Gasteiger partial charge in [0.2, 0.25) is 5.91 Å². The van der Waals surface area contributed by atoms with Crippen LogP contribution in [0.15, 0.2) is 24.3 Å². The standard InChI is InChI=1S/C16H24N2O2/c1-11(2)7-14(19)10-18-16(20)15-8-12-5-3-4-6-13(12)9-17-15/h3-6,11,14-15,17,19H,7-10H2,1-2H3,(H,18,20)/t14?,15-/m0/s1. The average Bonchev–Trinajstić information content (AvgIpc) is 2.43. The fourth-order valence-corrected chi connectivity index (χ4v) is 2.61. The Bertz CT molecular complexity index is 460. The van der Waals surface area contributed by atoms with Crippen LogP contribution >= 0.6 is 0 Å². The molecule has 1 unspecified atom stereocenters. The molecule has 2 rings (SSSR count). The first-order chi connectivity index (χ1) is 9.56. The highest BCUT2D eigenvalue weighted by Crippen LogP contribution is 2.16. The summed E-state index contributed by atoms with van der Waals surface area (Å²) in [6.07, 6.45) is 0.957. The highest BCUT2D eigenvalue weighted by Gasteiger charge is 2.24. The number of rotatable bonds is 5. The van der Waals surface area contributed by atoms with Gasteiger partial charge in [-0.1, -0.05) is 38.1 Å². The van der Waals surface area contributed by atoms with Crippen molar-refractivity contribution in [3.8, 4) is 0 Å². The lowest BCUT2D eigenvalue weighted by molar-refractivity contribution is -0.123. The minimum atomic E-state index is -0.463. The van der Waals surface area contributed by atoms with Crippen LogP contribution < -0.4 is 10.6 Å². The van der Waals surface area contributed by atoms with Crippen LogP contribution in [0.25, 0.3) is 0 Å². The van der Waals surface area contributed by atoms with Crippen LogP contribution in [0.1, 0.15) is 31.4 Å². The Morgan fingerprint density at radius 3 is 2.80 bits per heavy atom. The van der Waals surface area contributed by atoms with E-state index in [1.165, 1.54) is 11.1 Å². The predicted octanol–water partition coefficient (Wildman–Crippen LogP) is 1.22. The molecule has 0 saturated heterocycles. The van der Waals surface area contributed by atoms with Crippen molar-refractivity contribution in [1.29, 1.82) is 0 Å². The molecule has 1 aromatic carbocycles. The molecule has 0 spiro atoms. The van der Waals surface area contributed by atoms with Crippen molar-refractivity contribution in [3.05, 3.63) is 35.4 Å². The largest absolute Gasteiger partial charge is 0.391 e. The lowest BCUT2D eigenvalue weighted by atomic mass is 9.95. The zero-order valence-corrected chi connectivity index (χ0v) is 12.2. The van der Waals surface area contributed by atoms with Gasteiger partial charge in [0.05, 0.1) is 12.1 Å². The first kappa shape index (κ1) is 15.0. The van der Waals surface area contributed by atoms with Crippen molar-refractivity contribution < 1.29 is 9.90 Å². The van der Waals surface area contributed by atoms with Crippen LogP contribution in [-0.2, 0) is 17.8 Å². The number of carbonyl (C=O) groups is 1. The molecule has 2 atom stereocenters. The molecule has 1 aliphatic heterocycles. The van der Waals surface area contributed by atoms with Crippen LogP contribution in [-0.4, -0.2) is 29.7 Å². The van der Waals surface area contributed by atoms with Crippen LogP contribution in [0.2, 0.25) is 0 Å². The monoisotopic (exact) mass is 276 g/mol. The van der Waals surface area contributed by atoms with Crippen molar-refractivity contribution in [3.63, 3.8) is 0 Å². The molecule has 1 heterocycles. The Hall–Kier alpha value is -1.39. The zero-order valence-electron chi connectivity index (χ0n) is 12.2. The smallest absolute Gasteiger partial charge is 0.237 e. The average molecular weight is 276 g/mol. The van der Waals surface area contributed by atoms with Gasteiger partial charge in [0.15, 0.2) is 0 Å². The quantitative estimate of drug-likeness (QED) is 0.758. The lowest BCUT2D eigenvalue weighted by Gasteiger charge is -2.25. The summed E-state index contributed by atoms with van der Waals surface area (Å²) in [6, 6.07) is 7.98. The molecular weight excluding hydrogens is 252 g/mol. The van der Waals surface area contributed by atoms with E-state index in [0.29, 0.717) is 25.3 Å². The maximum atomic E-state index is 12.1. The SMILES string of the molecule is CC(C)CC(O)CNC(=O)[C@@H]1Cc2ccccc2CN1. The molecule has 4 nitrogen and oxygen atoms in total. The van der Waals surface area contributed by atoms with Gasteiger partial charge in [0, 0.05) is 13.1 Å². The summed E-state index contributed by atoms with van der Waals surface area (Å²) in [7, 11) is 0. The van der Waals surface area contributed by atoms with Crippen LogP contribution in [0.4, 0.5) is 0 Å². The molecule has 0 radical (unpaired) electrons. The normalized spacial score (nSPS) is 19.5. The summed E-state index contributed by atoms with van der Waals surface area (Å²) >= 11 is 0. The minimum Gasteiger partial charge on any atom is -0.391 e. The molecule has 4 heteroatoms. The molecule has 1 aromatic rings. The molecule has 0 aromatic heterocycles. The molecule has 1 aliphatic rings. The van der Waals surface area contributed by atoms with Gasteiger partial charge < -0.3 is 15.7 Å². The Kier molecular flexibility index (Phi) is 5.15. The van der Waals surface area contributed by atoms with E-state index >= 15 is 0 Å². The molecule has 20 heavy (non-hydrogen) atoms. The van der Waals surface area contributed by atoms with Crippen LogP contribution in [0.3, 0.4) is 0 Å². The van der Waals surface area contributed by atoms with E-state index in [1.807, 2.05) is 12.1 Å². The molecule has 0 saturated carbocycles. The second-order valence-electron chi connectivity index (χ2n) is 5.93. The third kappa shape index (κ3) is 4.05. The zero-order chi connectivity index (χ0) is 14.5. The first-order valence-electron chi connectivity index (χ1n) is 7.32. The number of hydrogen-bond acceptors (Lipinski definition) is 3. The lowest BCUT2D eigenvalue weighted by Crippen LogP contribution is -2.49. The van der Waals surface area contributed by atoms with E-state index in [-0.39, 0.29) is 11.9 Å². The minimum absolute atomic E-state index is 0.0256. The van der Waals surface area contributed by atoms with Gasteiger partial charge >= 0.3 is 0 Å². The Morgan fingerprint density at radius 2 is 2.10 bits per heavy atom. The summed E-state index contributed by atoms with van der Waals surface area (Å²) in [4.78, 5) is 12.1. The summed E-state index contributed by atoms with van der Waals surface area (Å²) in [5, 5.41) is 15.9. The Balaban J connectivity index is 1.83. The molecule has 0 fully saturated rings. The summed E-state index contributed by atoms with van der Waals surface area (Å²) in [5.74, 6) is 0.406. The van der Waals surface area contributed by atoms with Crippen LogP contribution in [0.5, 0.6) is 0 Å². The van der Waals surface area contributed by atoms with Gasteiger partial charge in [-0.25, -0.2) is 0 Å². The number of benzene rings is 1. The topological polar surface area (TPSA) is 61.4 Å². The van der Waals surface area contributed by atoms with Gasteiger partial charge in [-0.15, -0.1) is 0 Å². The molecule has 0 bridgehead atoms. The number of aliphatic hydroxyl groups is 1. The summed E-state index contributed by atoms with van der Waals surface area (Å²) < 4.78 is 0. The molecular formula is C16H24N2O2. The van der Waals surface area contributed by atoms with E-state index in [4.69, 9.17) is 0 Å². The molecule has 1 amide bonds. The fourth-order valence-electron chi connectivity index (χ4n) is 2.61. The van der Waals surface area contributed by atoms with Gasteiger partial charge in [-0.05, 0) is 29.9 Å². The number of fused-ring (bicyclic) bond motifs is 1. The van der Waals surface area contributed by atoms with E-state index < -0.39 is 6.10 Å². The van der Waals surface area contributed by atoms with Crippen LogP contribution in [0, 0.1) is 5.92 Å². The third-order valence-electron chi connectivity index (χ3n) is 3.65. The molecule has 3 N–H and O–H groups in total. The fraction of sp³-hybridized carbons (Fsp3) is 0.562. The van der Waals surface area contributed by atoms with Crippen molar-refractivity contribution >= 4 is 5.91 Å². The van der Waals surface area contributed by atoms with Gasteiger partial charge in [-0.2, -0.15) is 0 Å². The second-order valence-corrected chi connectivity index (χ2v) is 5.93. The van der Waals surface area contributed by atoms with Crippen molar-refractivity contribution in [2.75, 3.05) is 6.54 Å². The Labute approximate surface area is 120 Å². The van der Waals surface area contributed by atoms with E-state index in [0.717, 1.165) is 6.54 Å². The first-order valence-corrected chi connectivity index (χ1v) is 7.32. The maximum absolute atomic E-state index is 12.1. The molecule has 110 valence electrons. The predicted molar refractivity (Wildman–Crippen MR) is 79.2 cm³/mol. The number of amides is 1. The van der Waals surface area contributed by atoms with E-state index in [9.17, 15) is 9.90 Å². The van der Waals surface area contributed by atoms with Crippen molar-refractivity contribution in [2.45, 2.75) is 45.4 Å².